The second-order valence-electron chi connectivity index (χ2n) is 14.6. The maximum Gasteiger partial charge on any atom is 0.0714 e. The number of nitrogens with one attached hydrogen (secondary N) is 1. The van der Waals surface area contributed by atoms with Gasteiger partial charge in [-0.15, -0.1) is 11.3 Å². The highest BCUT2D eigenvalue weighted by Gasteiger charge is 2.46. The number of thiophene rings is 1. The van der Waals surface area contributed by atoms with Crippen molar-refractivity contribution in [2.45, 2.75) is 5.41 Å². The summed E-state index contributed by atoms with van der Waals surface area (Å²) in [7, 11) is 0. The van der Waals surface area contributed by atoms with E-state index in [1.807, 2.05) is 11.3 Å². The Hall–Kier alpha value is -6.94. The third-order valence-corrected chi connectivity index (χ3v) is 12.6. The molecule has 0 fully saturated rings. The minimum atomic E-state index is -0.479. The lowest BCUT2D eigenvalue weighted by molar-refractivity contribution is 0.768. The molecule has 2 nitrogen and oxygen atoms in total. The van der Waals surface area contributed by atoms with E-state index in [2.05, 4.69) is 223 Å². The zero-order chi connectivity index (χ0) is 37.1. The highest BCUT2D eigenvalue weighted by molar-refractivity contribution is 7.25. The second-order valence-corrected chi connectivity index (χ2v) is 15.7. The average molecular weight is 733 g/mol. The van der Waals surface area contributed by atoms with Crippen molar-refractivity contribution >= 4 is 70.7 Å². The van der Waals surface area contributed by atoms with Gasteiger partial charge in [-0.05, 0) is 117 Å². The summed E-state index contributed by atoms with van der Waals surface area (Å²) in [4.78, 5) is 2.38. The number of hydrogen-bond donors (Lipinski definition) is 1. The normalized spacial score (nSPS) is 12.8. The van der Waals surface area contributed by atoms with Crippen molar-refractivity contribution in [3.05, 3.63) is 235 Å². The SMILES string of the molecule is c1ccc(N(c2cccc(Nc3ccc4sc5cc6ccccc6cc5c4c3)c2)c2ccc3c(c2)C(c2ccccc2)(c2ccccc2)c2ccccc2-3)cc1. The number of benzene rings is 9. The molecule has 1 aromatic heterocycles. The van der Waals surface area contributed by atoms with Crippen LogP contribution in [0.25, 0.3) is 42.1 Å². The summed E-state index contributed by atoms with van der Waals surface area (Å²) in [6, 6.07) is 77.6. The fraction of sp³-hybridized carbons (Fsp3) is 0.0189. The van der Waals surface area contributed by atoms with Crippen LogP contribution in [0, 0.1) is 0 Å². The molecule has 11 rings (SSSR count). The molecule has 0 aliphatic heterocycles. The van der Waals surface area contributed by atoms with Crippen LogP contribution < -0.4 is 10.2 Å². The van der Waals surface area contributed by atoms with Gasteiger partial charge in [0.25, 0.3) is 0 Å². The third-order valence-electron chi connectivity index (χ3n) is 11.4. The Kier molecular flexibility index (Phi) is 7.61. The molecule has 0 amide bonds. The van der Waals surface area contributed by atoms with Crippen LogP contribution in [0.1, 0.15) is 22.3 Å². The maximum absolute atomic E-state index is 3.77. The van der Waals surface area contributed by atoms with Gasteiger partial charge in [0.1, 0.15) is 0 Å². The highest BCUT2D eigenvalue weighted by atomic mass is 32.1. The molecular weight excluding hydrogens is 697 g/mol. The van der Waals surface area contributed by atoms with Crippen LogP contribution >= 0.6 is 11.3 Å². The molecule has 0 saturated heterocycles. The molecule has 0 bridgehead atoms. The Balaban J connectivity index is 1.04. The zero-order valence-electron chi connectivity index (χ0n) is 30.6. The molecule has 0 atom stereocenters. The molecule has 0 unspecified atom stereocenters. The predicted molar refractivity (Wildman–Crippen MR) is 239 cm³/mol. The first-order valence-corrected chi connectivity index (χ1v) is 20.0. The van der Waals surface area contributed by atoms with E-state index in [9.17, 15) is 0 Å². The van der Waals surface area contributed by atoms with Gasteiger partial charge < -0.3 is 10.2 Å². The summed E-state index contributed by atoms with van der Waals surface area (Å²) < 4.78 is 2.61. The molecular formula is C53H36N2S. The number of hydrogen-bond acceptors (Lipinski definition) is 3. The molecule has 0 saturated carbocycles. The molecule has 56 heavy (non-hydrogen) atoms. The van der Waals surface area contributed by atoms with E-state index in [1.54, 1.807) is 0 Å². The van der Waals surface area contributed by atoms with Crippen molar-refractivity contribution in [1.29, 1.82) is 0 Å². The number of rotatable bonds is 7. The minimum absolute atomic E-state index is 0.479. The van der Waals surface area contributed by atoms with Crippen molar-refractivity contribution in [1.82, 2.24) is 0 Å². The van der Waals surface area contributed by atoms with Crippen molar-refractivity contribution in [3.8, 4) is 11.1 Å². The number of para-hydroxylation sites is 1. The van der Waals surface area contributed by atoms with Gasteiger partial charge in [0.05, 0.1) is 5.41 Å². The van der Waals surface area contributed by atoms with Crippen LogP contribution in [0.4, 0.5) is 28.4 Å². The Morgan fingerprint density at radius 2 is 0.964 bits per heavy atom. The van der Waals surface area contributed by atoms with Gasteiger partial charge in [0.15, 0.2) is 0 Å². The van der Waals surface area contributed by atoms with Crippen molar-refractivity contribution in [2.24, 2.45) is 0 Å². The van der Waals surface area contributed by atoms with Crippen LogP contribution in [-0.2, 0) is 5.41 Å². The van der Waals surface area contributed by atoms with E-state index in [0.29, 0.717) is 0 Å². The Morgan fingerprint density at radius 3 is 1.73 bits per heavy atom. The van der Waals surface area contributed by atoms with Crippen molar-refractivity contribution in [3.63, 3.8) is 0 Å². The predicted octanol–water partition coefficient (Wildman–Crippen LogP) is 14.8. The Morgan fingerprint density at radius 1 is 0.375 bits per heavy atom. The first-order chi connectivity index (χ1) is 27.7. The van der Waals surface area contributed by atoms with Gasteiger partial charge in [-0.1, -0.05) is 140 Å². The molecule has 9 aromatic carbocycles. The summed E-state index contributed by atoms with van der Waals surface area (Å²) in [6.07, 6.45) is 0. The summed E-state index contributed by atoms with van der Waals surface area (Å²) in [5.74, 6) is 0. The lowest BCUT2D eigenvalue weighted by Crippen LogP contribution is -2.28. The molecule has 1 aliphatic carbocycles. The van der Waals surface area contributed by atoms with Gasteiger partial charge in [-0.2, -0.15) is 0 Å². The van der Waals surface area contributed by atoms with E-state index >= 15 is 0 Å². The molecule has 3 heteroatoms. The first kappa shape index (κ1) is 32.5. The van der Waals surface area contributed by atoms with Crippen LogP contribution in [0.3, 0.4) is 0 Å². The molecule has 1 N–H and O–H groups in total. The fourth-order valence-corrected chi connectivity index (χ4v) is 10.1. The van der Waals surface area contributed by atoms with E-state index in [4.69, 9.17) is 0 Å². The molecule has 1 heterocycles. The number of fused-ring (bicyclic) bond motifs is 7. The lowest BCUT2D eigenvalue weighted by Gasteiger charge is -2.35. The third kappa shape index (κ3) is 5.16. The van der Waals surface area contributed by atoms with Gasteiger partial charge in [0, 0.05) is 48.6 Å². The van der Waals surface area contributed by atoms with Gasteiger partial charge in [-0.3, -0.25) is 0 Å². The average Bonchev–Trinajstić information content (AvgIpc) is 3.76. The van der Waals surface area contributed by atoms with E-state index in [-0.39, 0.29) is 0 Å². The Bertz CT molecular complexity index is 3020. The summed E-state index contributed by atoms with van der Waals surface area (Å²) in [5.41, 5.74) is 12.6. The smallest absolute Gasteiger partial charge is 0.0714 e. The number of anilines is 5. The minimum Gasteiger partial charge on any atom is -0.355 e. The number of nitrogens with zero attached hydrogens (tertiary/aromatic N) is 1. The van der Waals surface area contributed by atoms with E-state index in [0.717, 1.165) is 28.4 Å². The fourth-order valence-electron chi connectivity index (χ4n) is 9.03. The topological polar surface area (TPSA) is 15.3 Å². The van der Waals surface area contributed by atoms with E-state index < -0.39 is 5.41 Å². The standard InChI is InChI=1S/C53H36N2S/c1-4-17-38(18-5-1)53(39-19-6-2-7-20-39)49-26-13-12-25-45(49)46-29-28-44(35-50(46)53)55(42-22-8-3-9-23-42)43-24-14-21-40(33-43)54-41-27-30-51-48(34-41)47-31-36-15-10-11-16-37(36)32-52(47)56-51/h1-35,54H. The molecule has 264 valence electrons. The van der Waals surface area contributed by atoms with Crippen molar-refractivity contribution in [2.75, 3.05) is 10.2 Å². The summed E-state index contributed by atoms with van der Waals surface area (Å²) >= 11 is 1.86. The monoisotopic (exact) mass is 732 g/mol. The molecule has 0 spiro atoms. The van der Waals surface area contributed by atoms with Crippen LogP contribution in [0.2, 0.25) is 0 Å². The lowest BCUT2D eigenvalue weighted by atomic mass is 9.67. The maximum atomic E-state index is 3.77. The molecule has 0 radical (unpaired) electrons. The Labute approximate surface area is 330 Å². The zero-order valence-corrected chi connectivity index (χ0v) is 31.4. The van der Waals surface area contributed by atoms with Crippen LogP contribution in [0.5, 0.6) is 0 Å². The summed E-state index contributed by atoms with van der Waals surface area (Å²) in [6.45, 7) is 0. The quantitative estimate of drug-likeness (QED) is 0.176. The highest BCUT2D eigenvalue weighted by Crippen LogP contribution is 2.57. The summed E-state index contributed by atoms with van der Waals surface area (Å²) in [5, 5.41) is 8.91. The van der Waals surface area contributed by atoms with Gasteiger partial charge in [0.2, 0.25) is 0 Å². The second kappa shape index (κ2) is 13.1. The molecule has 1 aliphatic rings. The van der Waals surface area contributed by atoms with Crippen LogP contribution in [-0.4, -0.2) is 0 Å². The van der Waals surface area contributed by atoms with Crippen molar-refractivity contribution < 1.29 is 0 Å². The van der Waals surface area contributed by atoms with Gasteiger partial charge in [-0.25, -0.2) is 0 Å². The largest absolute Gasteiger partial charge is 0.355 e. The van der Waals surface area contributed by atoms with Gasteiger partial charge >= 0.3 is 0 Å². The first-order valence-electron chi connectivity index (χ1n) is 19.2. The molecule has 10 aromatic rings. The van der Waals surface area contributed by atoms with E-state index in [1.165, 1.54) is 64.3 Å². The van der Waals surface area contributed by atoms with Crippen LogP contribution in [0.15, 0.2) is 212 Å².